The molecule has 2 unspecified atom stereocenters. The van der Waals surface area contributed by atoms with E-state index in [1.165, 1.54) is 19.3 Å². The molecule has 6 heteroatoms. The highest BCUT2D eigenvalue weighted by atomic mass is 32.2. The van der Waals surface area contributed by atoms with Crippen molar-refractivity contribution in [2.24, 2.45) is 5.14 Å². The Morgan fingerprint density at radius 2 is 2.12 bits per heavy atom. The van der Waals surface area contributed by atoms with E-state index in [2.05, 4.69) is 17.1 Å². The Kier molecular flexibility index (Phi) is 4.07. The molecule has 2 aliphatic rings. The summed E-state index contributed by atoms with van der Waals surface area (Å²) in [5.74, 6) is 0.0780. The Morgan fingerprint density at radius 3 is 2.71 bits per heavy atom. The minimum atomic E-state index is -3.30. The second-order valence-corrected chi connectivity index (χ2v) is 7.12. The first kappa shape index (κ1) is 13.3. The van der Waals surface area contributed by atoms with Crippen LogP contribution in [0.15, 0.2) is 0 Å². The highest BCUT2D eigenvalue weighted by Crippen LogP contribution is 2.33. The number of sulfonamides is 1. The summed E-state index contributed by atoms with van der Waals surface area (Å²) in [6.45, 7) is 4.14. The Balaban J connectivity index is 1.64. The van der Waals surface area contributed by atoms with Crippen LogP contribution in [0.4, 0.5) is 0 Å². The molecular formula is C11H23N3O2S. The molecule has 0 aromatic rings. The summed E-state index contributed by atoms with van der Waals surface area (Å²) >= 11 is 0. The zero-order valence-corrected chi connectivity index (χ0v) is 11.2. The summed E-state index contributed by atoms with van der Waals surface area (Å²) in [4.78, 5) is 2.58. The predicted octanol–water partition coefficient (Wildman–Crippen LogP) is -0.120. The van der Waals surface area contributed by atoms with E-state index in [0.29, 0.717) is 18.5 Å². The molecule has 2 atom stereocenters. The van der Waals surface area contributed by atoms with E-state index in [1.807, 2.05) is 0 Å². The van der Waals surface area contributed by atoms with Gasteiger partial charge in [-0.2, -0.15) is 0 Å². The molecule has 1 aliphatic carbocycles. The molecule has 1 heterocycles. The molecule has 0 radical (unpaired) electrons. The van der Waals surface area contributed by atoms with Gasteiger partial charge < -0.3 is 5.32 Å². The van der Waals surface area contributed by atoms with Gasteiger partial charge in [0.2, 0.25) is 10.0 Å². The summed E-state index contributed by atoms with van der Waals surface area (Å²) in [6, 6.07) is 2.01. The summed E-state index contributed by atoms with van der Waals surface area (Å²) in [5.41, 5.74) is 0. The van der Waals surface area contributed by atoms with Crippen LogP contribution < -0.4 is 10.5 Å². The molecule has 0 bridgehead atoms. The van der Waals surface area contributed by atoms with Gasteiger partial charge in [-0.1, -0.05) is 0 Å². The van der Waals surface area contributed by atoms with Crippen LogP contribution in [0.2, 0.25) is 0 Å². The topological polar surface area (TPSA) is 75.4 Å². The van der Waals surface area contributed by atoms with E-state index in [-0.39, 0.29) is 5.75 Å². The van der Waals surface area contributed by atoms with E-state index in [4.69, 9.17) is 5.14 Å². The highest BCUT2D eigenvalue weighted by molar-refractivity contribution is 7.89. The minimum absolute atomic E-state index is 0.0780. The zero-order valence-electron chi connectivity index (χ0n) is 10.4. The number of hydrogen-bond acceptors (Lipinski definition) is 4. The summed E-state index contributed by atoms with van der Waals surface area (Å²) in [6.07, 6.45) is 4.48. The molecule has 0 aromatic carbocycles. The SMILES string of the molecule is CC1CC(NCCCS(N)(=O)=O)CN1C1CC1. The molecule has 1 aliphatic heterocycles. The molecule has 1 saturated carbocycles. The van der Waals surface area contributed by atoms with E-state index >= 15 is 0 Å². The molecule has 0 spiro atoms. The van der Waals surface area contributed by atoms with Crippen molar-refractivity contribution >= 4 is 10.0 Å². The molecule has 100 valence electrons. The van der Waals surface area contributed by atoms with Crippen LogP contribution in [0.5, 0.6) is 0 Å². The number of hydrogen-bond donors (Lipinski definition) is 2. The van der Waals surface area contributed by atoms with Crippen molar-refractivity contribution in [3.8, 4) is 0 Å². The van der Waals surface area contributed by atoms with Gasteiger partial charge in [-0.3, -0.25) is 4.90 Å². The number of primary sulfonamides is 1. The third-order valence-corrected chi connectivity index (χ3v) is 4.54. The maximum Gasteiger partial charge on any atom is 0.209 e. The first-order valence-corrected chi connectivity index (χ1v) is 8.17. The molecule has 2 rings (SSSR count). The second-order valence-electron chi connectivity index (χ2n) is 5.38. The van der Waals surface area contributed by atoms with Gasteiger partial charge in [0.25, 0.3) is 0 Å². The Labute approximate surface area is 104 Å². The van der Waals surface area contributed by atoms with E-state index in [1.54, 1.807) is 0 Å². The van der Waals surface area contributed by atoms with Gasteiger partial charge in [0.05, 0.1) is 5.75 Å². The smallest absolute Gasteiger partial charge is 0.209 e. The lowest BCUT2D eigenvalue weighted by molar-refractivity contribution is 0.255. The van der Waals surface area contributed by atoms with Crippen molar-refractivity contribution in [2.45, 2.75) is 50.7 Å². The maximum absolute atomic E-state index is 10.8. The van der Waals surface area contributed by atoms with Crippen LogP contribution in [0.25, 0.3) is 0 Å². The standard InChI is InChI=1S/C11H23N3O2S/c1-9-7-10(8-14(9)11-3-4-11)13-5-2-6-17(12,15)16/h9-11,13H,2-8H2,1H3,(H2,12,15,16). The van der Waals surface area contributed by atoms with Crippen LogP contribution in [0.1, 0.15) is 32.6 Å². The molecule has 0 aromatic heterocycles. The number of nitrogens with one attached hydrogen (secondary N) is 1. The minimum Gasteiger partial charge on any atom is -0.313 e. The van der Waals surface area contributed by atoms with E-state index in [0.717, 1.165) is 19.1 Å². The van der Waals surface area contributed by atoms with Gasteiger partial charge >= 0.3 is 0 Å². The van der Waals surface area contributed by atoms with Crippen LogP contribution in [-0.4, -0.2) is 50.3 Å². The second kappa shape index (κ2) is 5.22. The molecule has 0 amide bonds. The van der Waals surface area contributed by atoms with Gasteiger partial charge in [0, 0.05) is 24.7 Å². The Hall–Kier alpha value is -0.170. The maximum atomic E-state index is 10.8. The quantitative estimate of drug-likeness (QED) is 0.654. The molecular weight excluding hydrogens is 238 g/mol. The summed E-state index contributed by atoms with van der Waals surface area (Å²) in [7, 11) is -3.30. The van der Waals surface area contributed by atoms with Gasteiger partial charge in [0.1, 0.15) is 0 Å². The zero-order chi connectivity index (χ0) is 12.5. The fourth-order valence-corrected chi connectivity index (χ4v) is 3.25. The van der Waals surface area contributed by atoms with Gasteiger partial charge in [-0.05, 0) is 39.2 Å². The average molecular weight is 261 g/mol. The third kappa shape index (κ3) is 4.21. The van der Waals surface area contributed by atoms with Crippen molar-refractivity contribution in [1.29, 1.82) is 0 Å². The monoisotopic (exact) mass is 261 g/mol. The first-order valence-electron chi connectivity index (χ1n) is 6.45. The van der Waals surface area contributed by atoms with E-state index < -0.39 is 10.0 Å². The summed E-state index contributed by atoms with van der Waals surface area (Å²) in [5, 5.41) is 8.39. The lowest BCUT2D eigenvalue weighted by atomic mass is 10.2. The van der Waals surface area contributed by atoms with E-state index in [9.17, 15) is 8.42 Å². The third-order valence-electron chi connectivity index (χ3n) is 3.68. The van der Waals surface area contributed by atoms with Crippen molar-refractivity contribution in [3.05, 3.63) is 0 Å². The molecule has 3 N–H and O–H groups in total. The highest BCUT2D eigenvalue weighted by Gasteiger charge is 2.38. The first-order chi connectivity index (χ1) is 7.96. The Bertz CT molecular complexity index is 354. The van der Waals surface area contributed by atoms with Crippen molar-refractivity contribution < 1.29 is 8.42 Å². The van der Waals surface area contributed by atoms with Crippen LogP contribution in [-0.2, 0) is 10.0 Å². The van der Waals surface area contributed by atoms with Gasteiger partial charge in [-0.15, -0.1) is 0 Å². The number of rotatable bonds is 6. The molecule has 17 heavy (non-hydrogen) atoms. The molecule has 1 saturated heterocycles. The largest absolute Gasteiger partial charge is 0.313 e. The van der Waals surface area contributed by atoms with Crippen LogP contribution >= 0.6 is 0 Å². The lowest BCUT2D eigenvalue weighted by Gasteiger charge is -2.19. The normalized spacial score (nSPS) is 30.9. The van der Waals surface area contributed by atoms with Gasteiger partial charge in [-0.25, -0.2) is 13.6 Å². The van der Waals surface area contributed by atoms with Crippen molar-refractivity contribution in [2.75, 3.05) is 18.8 Å². The average Bonchev–Trinajstić information content (AvgIpc) is 2.97. The number of likely N-dealkylation sites (tertiary alicyclic amines) is 1. The Morgan fingerprint density at radius 1 is 1.41 bits per heavy atom. The predicted molar refractivity (Wildman–Crippen MR) is 68.2 cm³/mol. The number of nitrogens with two attached hydrogens (primary N) is 1. The van der Waals surface area contributed by atoms with Crippen LogP contribution in [0, 0.1) is 0 Å². The number of nitrogens with zero attached hydrogens (tertiary/aromatic N) is 1. The van der Waals surface area contributed by atoms with Gasteiger partial charge in [0.15, 0.2) is 0 Å². The van der Waals surface area contributed by atoms with Crippen molar-refractivity contribution in [1.82, 2.24) is 10.2 Å². The fraction of sp³-hybridized carbons (Fsp3) is 1.00. The summed E-state index contributed by atoms with van der Waals surface area (Å²) < 4.78 is 21.5. The van der Waals surface area contributed by atoms with Crippen molar-refractivity contribution in [3.63, 3.8) is 0 Å². The lowest BCUT2D eigenvalue weighted by Crippen LogP contribution is -2.35. The van der Waals surface area contributed by atoms with Crippen LogP contribution in [0.3, 0.4) is 0 Å². The molecule has 2 fully saturated rings. The molecule has 5 nitrogen and oxygen atoms in total. The fourth-order valence-electron chi connectivity index (χ4n) is 2.70.